The fourth-order valence-electron chi connectivity index (χ4n) is 1.55. The van der Waals surface area contributed by atoms with Gasteiger partial charge in [0.15, 0.2) is 4.77 Å². The van der Waals surface area contributed by atoms with Gasteiger partial charge in [-0.3, -0.25) is 4.79 Å². The van der Waals surface area contributed by atoms with Crippen LogP contribution in [0.1, 0.15) is 10.4 Å². The molecule has 7 heteroatoms. The van der Waals surface area contributed by atoms with E-state index in [0.29, 0.717) is 15.8 Å². The number of H-pyrrole nitrogens is 2. The van der Waals surface area contributed by atoms with Gasteiger partial charge < -0.3 is 20.4 Å². The Kier molecular flexibility index (Phi) is 3.21. The van der Waals surface area contributed by atoms with Gasteiger partial charge in [-0.1, -0.05) is 0 Å². The van der Waals surface area contributed by atoms with Crippen molar-refractivity contribution in [1.82, 2.24) is 15.3 Å². The number of halogens is 1. The molecule has 90 valence electrons. The number of amides is 1. The molecule has 0 aliphatic heterocycles. The molecule has 0 aliphatic carbocycles. The highest BCUT2D eigenvalue weighted by Crippen LogP contribution is 2.17. The first kappa shape index (κ1) is 11.7. The molecule has 2 aromatic rings. The van der Waals surface area contributed by atoms with Gasteiger partial charge in [0, 0.05) is 6.54 Å². The summed E-state index contributed by atoms with van der Waals surface area (Å²) in [5.41, 5.74) is 1.04. The molecule has 1 heterocycles. The zero-order chi connectivity index (χ0) is 12.4. The van der Waals surface area contributed by atoms with Gasteiger partial charge in [0.25, 0.3) is 5.91 Å². The van der Waals surface area contributed by atoms with Crippen LogP contribution in [0.2, 0.25) is 0 Å². The smallest absolute Gasteiger partial charge is 0.253 e. The molecule has 0 radical (unpaired) electrons. The Morgan fingerprint density at radius 1 is 1.47 bits per heavy atom. The molecule has 17 heavy (non-hydrogen) atoms. The molecule has 5 nitrogen and oxygen atoms in total. The van der Waals surface area contributed by atoms with Crippen molar-refractivity contribution in [3.63, 3.8) is 0 Å². The zero-order valence-corrected chi connectivity index (χ0v) is 9.53. The third-order valence-electron chi connectivity index (χ3n) is 2.23. The Morgan fingerprint density at radius 3 is 2.94 bits per heavy atom. The van der Waals surface area contributed by atoms with Crippen molar-refractivity contribution in [2.45, 2.75) is 0 Å². The molecule has 1 aromatic carbocycles. The number of nitrogens with one attached hydrogen (secondary N) is 3. The van der Waals surface area contributed by atoms with Crippen LogP contribution in [-0.4, -0.2) is 34.1 Å². The topological polar surface area (TPSA) is 80.9 Å². The van der Waals surface area contributed by atoms with Gasteiger partial charge in [-0.2, -0.15) is 0 Å². The first-order valence-electron chi connectivity index (χ1n) is 4.92. The number of aliphatic hydroxyl groups excluding tert-OH is 1. The van der Waals surface area contributed by atoms with Crippen molar-refractivity contribution in [2.24, 2.45) is 0 Å². The van der Waals surface area contributed by atoms with Crippen LogP contribution in [0.15, 0.2) is 12.1 Å². The first-order valence-corrected chi connectivity index (χ1v) is 5.33. The average Bonchev–Trinajstić information content (AvgIpc) is 2.64. The predicted molar refractivity (Wildman–Crippen MR) is 62.9 cm³/mol. The fourth-order valence-corrected chi connectivity index (χ4v) is 1.76. The monoisotopic (exact) mass is 255 g/mol. The first-order chi connectivity index (χ1) is 8.11. The van der Waals surface area contributed by atoms with Gasteiger partial charge in [-0.25, -0.2) is 4.39 Å². The van der Waals surface area contributed by atoms with E-state index in [0.717, 1.165) is 6.07 Å². The van der Waals surface area contributed by atoms with Gasteiger partial charge in [-0.05, 0) is 24.4 Å². The van der Waals surface area contributed by atoms with Crippen LogP contribution in [-0.2, 0) is 0 Å². The summed E-state index contributed by atoms with van der Waals surface area (Å²) >= 11 is 4.88. The molecule has 0 unspecified atom stereocenters. The van der Waals surface area contributed by atoms with E-state index in [4.69, 9.17) is 17.3 Å². The summed E-state index contributed by atoms with van der Waals surface area (Å²) in [7, 11) is 0. The van der Waals surface area contributed by atoms with Gasteiger partial charge in [0.05, 0.1) is 23.2 Å². The largest absolute Gasteiger partial charge is 0.395 e. The van der Waals surface area contributed by atoms with E-state index in [1.807, 2.05) is 0 Å². The third kappa shape index (κ3) is 2.34. The third-order valence-corrected chi connectivity index (χ3v) is 2.44. The Bertz CT molecular complexity index is 620. The molecule has 1 amide bonds. The Morgan fingerprint density at radius 2 is 2.24 bits per heavy atom. The van der Waals surface area contributed by atoms with Crippen molar-refractivity contribution in [1.29, 1.82) is 0 Å². The highest BCUT2D eigenvalue weighted by Gasteiger charge is 2.13. The second-order valence-electron chi connectivity index (χ2n) is 3.43. The summed E-state index contributed by atoms with van der Waals surface area (Å²) < 4.78 is 13.6. The minimum absolute atomic E-state index is 0.113. The minimum Gasteiger partial charge on any atom is -0.395 e. The average molecular weight is 255 g/mol. The van der Waals surface area contributed by atoms with E-state index in [1.165, 1.54) is 6.07 Å². The molecule has 0 bridgehead atoms. The molecule has 0 saturated carbocycles. The van der Waals surface area contributed by atoms with Crippen LogP contribution in [0.4, 0.5) is 4.39 Å². The maximum atomic E-state index is 13.3. The molecule has 4 N–H and O–H groups in total. The van der Waals surface area contributed by atoms with E-state index >= 15 is 0 Å². The molecule has 0 fully saturated rings. The second-order valence-corrected chi connectivity index (χ2v) is 3.84. The number of aromatic amines is 2. The highest BCUT2D eigenvalue weighted by molar-refractivity contribution is 7.71. The summed E-state index contributed by atoms with van der Waals surface area (Å²) in [4.78, 5) is 17.2. The van der Waals surface area contributed by atoms with Crippen molar-refractivity contribution >= 4 is 29.2 Å². The van der Waals surface area contributed by atoms with Crippen LogP contribution in [0.5, 0.6) is 0 Å². The number of hydrogen-bond acceptors (Lipinski definition) is 3. The summed E-state index contributed by atoms with van der Waals surface area (Å²) in [6.07, 6.45) is 0. The van der Waals surface area contributed by atoms with E-state index < -0.39 is 11.7 Å². The van der Waals surface area contributed by atoms with Crippen molar-refractivity contribution in [3.8, 4) is 0 Å². The second kappa shape index (κ2) is 4.64. The molecular formula is C10H10FN3O2S. The summed E-state index contributed by atoms with van der Waals surface area (Å²) in [5.74, 6) is -0.995. The fraction of sp³-hybridized carbons (Fsp3) is 0.200. The predicted octanol–water partition coefficient (Wildman–Crippen LogP) is 1.09. The number of aromatic nitrogens is 2. The van der Waals surface area contributed by atoms with Gasteiger partial charge in [-0.15, -0.1) is 0 Å². The van der Waals surface area contributed by atoms with Gasteiger partial charge in [0.2, 0.25) is 0 Å². The number of benzene rings is 1. The highest BCUT2D eigenvalue weighted by atomic mass is 32.1. The number of fused-ring (bicyclic) bond motifs is 1. The van der Waals surface area contributed by atoms with Crippen LogP contribution in [0.25, 0.3) is 11.0 Å². The number of aliphatic hydroxyl groups is 1. The van der Waals surface area contributed by atoms with E-state index in [-0.39, 0.29) is 18.7 Å². The zero-order valence-electron chi connectivity index (χ0n) is 8.71. The standard InChI is InChI=1S/C10H10FN3O2S/c11-5-3-6(9(16)12-1-2-15)8-7(4-5)13-10(17)14-8/h3-4,15H,1-2H2,(H,12,16)(H2,13,14,17). The van der Waals surface area contributed by atoms with E-state index in [9.17, 15) is 9.18 Å². The van der Waals surface area contributed by atoms with Crippen LogP contribution < -0.4 is 5.32 Å². The molecule has 0 spiro atoms. The van der Waals surface area contributed by atoms with E-state index in [2.05, 4.69) is 15.3 Å². The summed E-state index contributed by atoms with van der Waals surface area (Å²) in [6, 6.07) is 2.37. The Balaban J connectivity index is 2.51. The lowest BCUT2D eigenvalue weighted by atomic mass is 10.1. The maximum absolute atomic E-state index is 13.3. The number of imidazole rings is 1. The van der Waals surface area contributed by atoms with Crippen molar-refractivity contribution in [3.05, 3.63) is 28.3 Å². The minimum atomic E-state index is -0.531. The molecule has 0 aliphatic rings. The number of carbonyl (C=O) groups excluding carboxylic acids is 1. The summed E-state index contributed by atoms with van der Waals surface area (Å²) in [5, 5.41) is 11.1. The van der Waals surface area contributed by atoms with E-state index in [1.54, 1.807) is 0 Å². The van der Waals surface area contributed by atoms with Gasteiger partial charge >= 0.3 is 0 Å². The lowest BCUT2D eigenvalue weighted by molar-refractivity contribution is 0.0946. The number of carbonyl (C=O) groups is 1. The molecule has 2 rings (SSSR count). The number of rotatable bonds is 3. The lowest BCUT2D eigenvalue weighted by Gasteiger charge is -2.04. The van der Waals surface area contributed by atoms with Crippen molar-refractivity contribution < 1.29 is 14.3 Å². The number of hydrogen-bond donors (Lipinski definition) is 4. The SMILES string of the molecule is O=C(NCCO)c1cc(F)cc2[nH]c(=S)[nH]c12. The summed E-state index contributed by atoms with van der Waals surface area (Å²) in [6.45, 7) is -0.0602. The molecule has 0 atom stereocenters. The molecular weight excluding hydrogens is 245 g/mol. The Hall–Kier alpha value is -1.73. The maximum Gasteiger partial charge on any atom is 0.253 e. The van der Waals surface area contributed by atoms with Gasteiger partial charge in [0.1, 0.15) is 5.82 Å². The Labute approximate surface area is 101 Å². The van der Waals surface area contributed by atoms with Crippen LogP contribution in [0.3, 0.4) is 0 Å². The van der Waals surface area contributed by atoms with Crippen LogP contribution in [0, 0.1) is 10.6 Å². The van der Waals surface area contributed by atoms with Crippen LogP contribution >= 0.6 is 12.2 Å². The molecule has 1 aromatic heterocycles. The quantitative estimate of drug-likeness (QED) is 0.620. The molecule has 0 saturated heterocycles. The lowest BCUT2D eigenvalue weighted by Crippen LogP contribution is -2.26. The normalized spacial score (nSPS) is 10.7. The van der Waals surface area contributed by atoms with Crippen molar-refractivity contribution in [2.75, 3.05) is 13.2 Å².